The van der Waals surface area contributed by atoms with Crippen LogP contribution in [0.3, 0.4) is 0 Å². The van der Waals surface area contributed by atoms with Crippen LogP contribution in [0.25, 0.3) is 0 Å². The topological polar surface area (TPSA) is 50.1 Å². The third kappa shape index (κ3) is 3.41. The fraction of sp³-hybridized carbons (Fsp3) is 0.462. The summed E-state index contributed by atoms with van der Waals surface area (Å²) in [5.41, 5.74) is 0. The molecule has 0 bridgehead atoms. The molecule has 2 heterocycles. The average Bonchev–Trinajstić information content (AvgIpc) is 2.97. The Balaban J connectivity index is 1.79. The number of nitrogens with zero attached hydrogens (tertiary/aromatic N) is 2. The molecule has 0 saturated heterocycles. The number of imidazole rings is 1. The maximum atomic E-state index is 10.0. The number of aliphatic hydroxyl groups excluding tert-OH is 1. The maximum Gasteiger partial charge on any atom is 0.122 e. The Hall–Kier alpha value is -1.17. The van der Waals surface area contributed by atoms with E-state index in [2.05, 4.69) is 17.2 Å². The lowest BCUT2D eigenvalue weighted by atomic mass is 10.1. The first kappa shape index (κ1) is 13.3. The summed E-state index contributed by atoms with van der Waals surface area (Å²) >= 11 is 1.60. The second-order valence-corrected chi connectivity index (χ2v) is 5.48. The lowest BCUT2D eigenvalue weighted by molar-refractivity contribution is 0.157. The molecule has 2 N–H and O–H groups in total. The minimum Gasteiger partial charge on any atom is -0.388 e. The van der Waals surface area contributed by atoms with Gasteiger partial charge in [-0.1, -0.05) is 6.07 Å². The van der Waals surface area contributed by atoms with Gasteiger partial charge in [0.15, 0.2) is 0 Å². The Morgan fingerprint density at radius 2 is 2.39 bits per heavy atom. The fourth-order valence-electron chi connectivity index (χ4n) is 1.85. The van der Waals surface area contributed by atoms with Crippen molar-refractivity contribution in [1.82, 2.24) is 14.9 Å². The molecule has 98 valence electrons. The summed E-state index contributed by atoms with van der Waals surface area (Å²) in [6.07, 6.45) is 4.06. The molecule has 18 heavy (non-hydrogen) atoms. The van der Waals surface area contributed by atoms with Crippen LogP contribution in [0.4, 0.5) is 0 Å². The van der Waals surface area contributed by atoms with E-state index in [9.17, 15) is 5.11 Å². The Labute approximate surface area is 111 Å². The lowest BCUT2D eigenvalue weighted by Crippen LogP contribution is -2.28. The van der Waals surface area contributed by atoms with E-state index in [0.717, 1.165) is 17.2 Å². The molecule has 4 nitrogen and oxygen atoms in total. The Kier molecular flexibility index (Phi) is 4.52. The van der Waals surface area contributed by atoms with Crippen molar-refractivity contribution < 1.29 is 5.11 Å². The van der Waals surface area contributed by atoms with Crippen LogP contribution >= 0.6 is 11.3 Å². The number of hydrogen-bond donors (Lipinski definition) is 2. The zero-order valence-corrected chi connectivity index (χ0v) is 11.5. The van der Waals surface area contributed by atoms with Gasteiger partial charge in [0, 0.05) is 30.4 Å². The molecule has 2 unspecified atom stereocenters. The predicted octanol–water partition coefficient (Wildman–Crippen LogP) is 2.08. The number of aliphatic hydroxyl groups is 1. The van der Waals surface area contributed by atoms with Crippen LogP contribution in [-0.2, 0) is 13.6 Å². The summed E-state index contributed by atoms with van der Waals surface area (Å²) in [6, 6.07) is 4.19. The van der Waals surface area contributed by atoms with Crippen molar-refractivity contribution in [3.05, 3.63) is 40.6 Å². The molecular weight excluding hydrogens is 246 g/mol. The highest BCUT2D eigenvalue weighted by Gasteiger charge is 2.13. The van der Waals surface area contributed by atoms with Gasteiger partial charge in [-0.2, -0.15) is 0 Å². The van der Waals surface area contributed by atoms with Crippen LogP contribution in [0.15, 0.2) is 29.9 Å². The summed E-state index contributed by atoms with van der Waals surface area (Å²) in [4.78, 5) is 5.29. The number of aromatic nitrogens is 2. The normalized spacial score (nSPS) is 14.6. The SMILES string of the molecule is CC(CC(O)c1cccs1)NCc1nccn1C. The molecule has 2 aromatic rings. The monoisotopic (exact) mass is 265 g/mol. The highest BCUT2D eigenvalue weighted by atomic mass is 32.1. The number of rotatable bonds is 6. The third-order valence-electron chi connectivity index (χ3n) is 2.98. The Morgan fingerprint density at radius 1 is 1.56 bits per heavy atom. The van der Waals surface area contributed by atoms with Gasteiger partial charge in [0.1, 0.15) is 5.82 Å². The summed E-state index contributed by atoms with van der Waals surface area (Å²) < 4.78 is 2.00. The first-order valence-electron chi connectivity index (χ1n) is 6.08. The van der Waals surface area contributed by atoms with Crippen molar-refractivity contribution in [3.8, 4) is 0 Å². The molecule has 0 spiro atoms. The zero-order valence-electron chi connectivity index (χ0n) is 10.7. The molecule has 0 radical (unpaired) electrons. The zero-order chi connectivity index (χ0) is 13.0. The molecule has 0 aliphatic carbocycles. The predicted molar refractivity (Wildman–Crippen MR) is 73.4 cm³/mol. The molecule has 0 saturated carbocycles. The summed E-state index contributed by atoms with van der Waals surface area (Å²) in [5.74, 6) is 1.01. The lowest BCUT2D eigenvalue weighted by Gasteiger charge is -2.17. The molecule has 2 aromatic heterocycles. The standard InChI is InChI=1S/C13H19N3OS/c1-10(8-11(17)12-4-3-7-18-12)15-9-13-14-5-6-16(13)2/h3-7,10-11,15,17H,8-9H2,1-2H3. The highest BCUT2D eigenvalue weighted by molar-refractivity contribution is 7.10. The molecule has 0 aliphatic heterocycles. The van der Waals surface area contributed by atoms with E-state index in [0.29, 0.717) is 6.42 Å². The van der Waals surface area contributed by atoms with Gasteiger partial charge in [-0.3, -0.25) is 0 Å². The number of aryl methyl sites for hydroxylation is 1. The summed E-state index contributed by atoms with van der Waals surface area (Å²) in [5, 5.41) is 15.4. The molecule has 2 atom stereocenters. The van der Waals surface area contributed by atoms with E-state index < -0.39 is 0 Å². The molecule has 0 amide bonds. The van der Waals surface area contributed by atoms with Gasteiger partial charge < -0.3 is 15.0 Å². The number of thiophene rings is 1. The molecule has 2 rings (SSSR count). The van der Waals surface area contributed by atoms with Crippen molar-refractivity contribution in [1.29, 1.82) is 0 Å². The largest absolute Gasteiger partial charge is 0.388 e. The van der Waals surface area contributed by atoms with Gasteiger partial charge in [0.2, 0.25) is 0 Å². The first-order chi connectivity index (χ1) is 8.66. The van der Waals surface area contributed by atoms with Gasteiger partial charge in [0.05, 0.1) is 12.6 Å². The quantitative estimate of drug-likeness (QED) is 0.841. The minimum absolute atomic E-state index is 0.249. The van der Waals surface area contributed by atoms with Crippen molar-refractivity contribution in [3.63, 3.8) is 0 Å². The highest BCUT2D eigenvalue weighted by Crippen LogP contribution is 2.22. The van der Waals surface area contributed by atoms with Crippen LogP contribution < -0.4 is 5.32 Å². The molecule has 0 fully saturated rings. The molecular formula is C13H19N3OS. The van der Waals surface area contributed by atoms with E-state index in [1.165, 1.54) is 0 Å². The Bertz CT molecular complexity index is 466. The van der Waals surface area contributed by atoms with Gasteiger partial charge in [-0.25, -0.2) is 4.98 Å². The van der Waals surface area contributed by atoms with Crippen LogP contribution in [0.2, 0.25) is 0 Å². The molecule has 0 aromatic carbocycles. The van der Waals surface area contributed by atoms with Gasteiger partial charge >= 0.3 is 0 Å². The van der Waals surface area contributed by atoms with Crippen LogP contribution in [-0.4, -0.2) is 20.7 Å². The number of hydrogen-bond acceptors (Lipinski definition) is 4. The fourth-order valence-corrected chi connectivity index (χ4v) is 2.57. The summed E-state index contributed by atoms with van der Waals surface area (Å²) in [6.45, 7) is 2.81. The van der Waals surface area contributed by atoms with Crippen molar-refractivity contribution in [2.24, 2.45) is 7.05 Å². The van der Waals surface area contributed by atoms with Crippen LogP contribution in [0, 0.1) is 0 Å². The summed E-state index contributed by atoms with van der Waals surface area (Å²) in [7, 11) is 1.98. The molecule has 5 heteroatoms. The third-order valence-corrected chi connectivity index (χ3v) is 3.95. The smallest absolute Gasteiger partial charge is 0.122 e. The molecule has 0 aliphatic rings. The van der Waals surface area contributed by atoms with Crippen LogP contribution in [0.5, 0.6) is 0 Å². The van der Waals surface area contributed by atoms with Crippen molar-refractivity contribution in [2.75, 3.05) is 0 Å². The van der Waals surface area contributed by atoms with Gasteiger partial charge in [0.25, 0.3) is 0 Å². The van der Waals surface area contributed by atoms with E-state index in [1.54, 1.807) is 17.5 Å². The first-order valence-corrected chi connectivity index (χ1v) is 6.96. The van der Waals surface area contributed by atoms with Crippen molar-refractivity contribution in [2.45, 2.75) is 32.0 Å². The van der Waals surface area contributed by atoms with E-state index in [-0.39, 0.29) is 12.1 Å². The minimum atomic E-state index is -0.381. The maximum absolute atomic E-state index is 10.0. The van der Waals surface area contributed by atoms with E-state index in [1.807, 2.05) is 35.3 Å². The second-order valence-electron chi connectivity index (χ2n) is 4.50. The van der Waals surface area contributed by atoms with E-state index >= 15 is 0 Å². The Morgan fingerprint density at radius 3 is 3.00 bits per heavy atom. The number of nitrogens with one attached hydrogen (secondary N) is 1. The van der Waals surface area contributed by atoms with Crippen LogP contribution in [0.1, 0.15) is 30.2 Å². The van der Waals surface area contributed by atoms with E-state index in [4.69, 9.17) is 0 Å². The van der Waals surface area contributed by atoms with Gasteiger partial charge in [-0.05, 0) is 24.8 Å². The second kappa shape index (κ2) is 6.13. The van der Waals surface area contributed by atoms with Gasteiger partial charge in [-0.15, -0.1) is 11.3 Å². The average molecular weight is 265 g/mol. The van der Waals surface area contributed by atoms with Crippen molar-refractivity contribution >= 4 is 11.3 Å².